The number of aromatic nitrogens is 14. The molecule has 0 aliphatic heterocycles. The van der Waals surface area contributed by atoms with Crippen LogP contribution in [0.15, 0.2) is 98.0 Å². The van der Waals surface area contributed by atoms with Crippen molar-refractivity contribution in [3.63, 3.8) is 0 Å². The summed E-state index contributed by atoms with van der Waals surface area (Å²) in [7, 11) is 0. The second-order valence-electron chi connectivity index (χ2n) is 27.1. The summed E-state index contributed by atoms with van der Waals surface area (Å²) in [5.41, 5.74) is 18.5. The summed E-state index contributed by atoms with van der Waals surface area (Å²) >= 11 is 36.6. The van der Waals surface area contributed by atoms with Crippen LogP contribution in [0, 0.1) is 39.3 Å². The molecule has 0 aliphatic carbocycles. The van der Waals surface area contributed by atoms with E-state index in [4.69, 9.17) is 69.6 Å². The Hall–Kier alpha value is -7.57. The minimum Gasteiger partial charge on any atom is -0.278 e. The molecule has 512 valence electrons. The highest BCUT2D eigenvalue weighted by molar-refractivity contribution is 6.43. The summed E-state index contributed by atoms with van der Waals surface area (Å²) in [4.78, 5) is 0. The maximum absolute atomic E-state index is 14.1. The van der Waals surface area contributed by atoms with Crippen LogP contribution in [0.5, 0.6) is 0 Å². The second-order valence-corrected chi connectivity index (χ2v) is 29.5. The zero-order chi connectivity index (χ0) is 71.2. The molecule has 14 rings (SSSR count). The molecule has 0 atom stereocenters. The first-order chi connectivity index (χ1) is 45.7. The molecule has 97 heavy (non-hydrogen) atoms. The Labute approximate surface area is 595 Å². The summed E-state index contributed by atoms with van der Waals surface area (Å²) in [6.07, 6.45) is 12.6. The Bertz CT molecular complexity index is 4570. The van der Waals surface area contributed by atoms with Crippen LogP contribution in [-0.4, -0.2) is 71.4 Å². The lowest BCUT2D eigenvalue weighted by Crippen LogP contribution is -2.14. The van der Waals surface area contributed by atoms with Gasteiger partial charge in [-0.1, -0.05) is 180 Å². The van der Waals surface area contributed by atoms with Crippen LogP contribution in [0.2, 0.25) is 30.1 Å². The molecule has 0 bridgehead atoms. The van der Waals surface area contributed by atoms with Crippen molar-refractivity contribution in [3.8, 4) is 0 Å². The van der Waals surface area contributed by atoms with E-state index in [1.54, 1.807) is 37.6 Å². The van der Waals surface area contributed by atoms with Gasteiger partial charge in [0.2, 0.25) is 0 Å². The van der Waals surface area contributed by atoms with Crippen molar-refractivity contribution in [2.24, 2.45) is 0 Å². The fourth-order valence-electron chi connectivity index (χ4n) is 12.4. The quantitative estimate of drug-likeness (QED) is 0.0858. The fourth-order valence-corrected chi connectivity index (χ4v) is 14.3. The lowest BCUT2D eigenvalue weighted by Gasteiger charge is -2.21. The molecule has 22 heteroatoms. The third kappa shape index (κ3) is 16.8. The van der Waals surface area contributed by atoms with Crippen LogP contribution < -0.4 is 0 Å². The van der Waals surface area contributed by atoms with Gasteiger partial charge >= 0.3 is 0 Å². The number of nitrogens with one attached hydrogen (secondary N) is 7. The summed E-state index contributed by atoms with van der Waals surface area (Å²) in [6.45, 7) is 39.5. The first kappa shape index (κ1) is 75.2. The highest BCUT2D eigenvalue weighted by Crippen LogP contribution is 2.40. The summed E-state index contributed by atoms with van der Waals surface area (Å²) < 4.78 is 27.4. The van der Waals surface area contributed by atoms with Gasteiger partial charge in [-0.2, -0.15) is 35.7 Å². The Kier molecular flexibility index (Phi) is 24.8. The molecule has 14 aromatic rings. The van der Waals surface area contributed by atoms with E-state index in [0.29, 0.717) is 50.7 Å². The summed E-state index contributed by atoms with van der Waals surface area (Å²) in [6, 6.07) is 17.1. The van der Waals surface area contributed by atoms with Gasteiger partial charge in [-0.05, 0) is 167 Å². The smallest absolute Gasteiger partial charge is 0.144 e. The zero-order valence-electron chi connectivity index (χ0n) is 58.4. The highest BCUT2D eigenvalue weighted by atomic mass is 35.5. The standard InChI is InChI=1S/C12H15FN2.2C11H13ClN2.C11H14N2.C10H10Cl2N2.C10H10ClFN2.C10H11ClN2/c1-7-5-9-8(6-14-15-9)10(11(7)13)12(2,3)4;1-6(2)11-7(3)9(12)4-10-8(11)5-13-14-10;1-6(2)10-8-5-13-14-9(8)4-7(3)11(10)12;1-7(2)11-8(3)4-5-10-9(11)6-12-13-10;1-5(2)9-6-4-13-14-8(6)3-7(11)10(9)12;1-5(2)9-6-4-13-14-8(6)3-7(12)10(9)11;1-6(2)10-7-5-12-13-9(7)4-3-8(10)11/h5-6H,1-4H3,(H,14,15);2*4-6H,1-3H3,(H,13,14);4-7H,1-3H3,(H,12,13);2*3-5H,1-2H3,(H,13,14);3-6H,1-2H3,(H,12,13). The van der Waals surface area contributed by atoms with Gasteiger partial charge in [-0.15, -0.1) is 0 Å². The number of nitrogens with zero attached hydrogens (tertiary/aromatic N) is 7. The number of fused-ring (bicyclic) bond motifs is 7. The van der Waals surface area contributed by atoms with Crippen LogP contribution in [0.3, 0.4) is 0 Å². The lowest BCUT2D eigenvalue weighted by molar-refractivity contribution is 0.524. The van der Waals surface area contributed by atoms with Gasteiger partial charge < -0.3 is 0 Å². The van der Waals surface area contributed by atoms with Crippen LogP contribution >= 0.6 is 69.6 Å². The Balaban J connectivity index is 0.000000145. The number of H-pyrrole nitrogens is 7. The molecule has 7 aromatic heterocycles. The summed E-state index contributed by atoms with van der Waals surface area (Å²) in [5.74, 6) is 1.87. The maximum Gasteiger partial charge on any atom is 0.144 e. The molecule has 0 aliphatic rings. The van der Waals surface area contributed by atoms with Crippen molar-refractivity contribution in [2.45, 2.75) is 172 Å². The minimum absolute atomic E-state index is 0.114. The fraction of sp³-hybridized carbons (Fsp3) is 0.347. The predicted octanol–water partition coefficient (Wildman–Crippen LogP) is 24.4. The van der Waals surface area contributed by atoms with E-state index in [0.717, 1.165) is 103 Å². The molecule has 7 N–H and O–H groups in total. The average molecular weight is 1430 g/mol. The van der Waals surface area contributed by atoms with Gasteiger partial charge in [-0.3, -0.25) is 35.7 Å². The summed E-state index contributed by atoms with van der Waals surface area (Å²) in [5, 5.41) is 59.8. The van der Waals surface area contributed by atoms with E-state index in [-0.39, 0.29) is 22.2 Å². The molecule has 0 radical (unpaired) electrons. The van der Waals surface area contributed by atoms with Crippen molar-refractivity contribution < 1.29 is 8.78 Å². The minimum atomic E-state index is -0.396. The molecule has 7 aromatic carbocycles. The Morgan fingerprint density at radius 3 is 1.09 bits per heavy atom. The lowest BCUT2D eigenvalue weighted by atomic mass is 9.83. The van der Waals surface area contributed by atoms with Crippen LogP contribution in [0.1, 0.15) is 201 Å². The molecular weight excluding hydrogens is 1350 g/mol. The number of benzene rings is 7. The highest BCUT2D eigenvalue weighted by Gasteiger charge is 2.24. The molecule has 0 amide bonds. The van der Waals surface area contributed by atoms with Crippen molar-refractivity contribution in [3.05, 3.63) is 201 Å². The number of hydrogen-bond acceptors (Lipinski definition) is 7. The molecular formula is C75H86Cl6F2N14. The van der Waals surface area contributed by atoms with Crippen LogP contribution in [0.25, 0.3) is 76.3 Å². The number of aryl methyl sites for hydroxylation is 3. The molecule has 7 heterocycles. The number of halogens is 8. The van der Waals surface area contributed by atoms with Gasteiger partial charge in [-0.25, -0.2) is 8.78 Å². The van der Waals surface area contributed by atoms with E-state index in [1.165, 1.54) is 44.7 Å². The molecule has 0 unspecified atom stereocenters. The largest absolute Gasteiger partial charge is 0.278 e. The van der Waals surface area contributed by atoms with Gasteiger partial charge in [0.25, 0.3) is 0 Å². The first-order valence-corrected chi connectivity index (χ1v) is 34.5. The molecule has 0 fully saturated rings. The van der Waals surface area contributed by atoms with Crippen LogP contribution in [-0.2, 0) is 5.41 Å². The second kappa shape index (κ2) is 32.0. The monoisotopic (exact) mass is 1430 g/mol. The first-order valence-electron chi connectivity index (χ1n) is 32.3. The van der Waals surface area contributed by atoms with E-state index >= 15 is 0 Å². The number of hydrogen-bond donors (Lipinski definition) is 7. The van der Waals surface area contributed by atoms with Crippen molar-refractivity contribution in [1.82, 2.24) is 71.4 Å². The number of aromatic amines is 7. The maximum atomic E-state index is 14.1. The van der Waals surface area contributed by atoms with E-state index in [1.807, 2.05) is 90.6 Å². The molecule has 0 saturated heterocycles. The average Bonchev–Trinajstić information content (AvgIpc) is 1.75. The Morgan fingerprint density at radius 2 is 0.649 bits per heavy atom. The normalized spacial score (nSPS) is 11.6. The Morgan fingerprint density at radius 1 is 0.320 bits per heavy atom. The molecule has 14 nitrogen and oxygen atoms in total. The molecule has 0 spiro atoms. The van der Waals surface area contributed by atoms with E-state index in [2.05, 4.69) is 167 Å². The van der Waals surface area contributed by atoms with Gasteiger partial charge in [0.1, 0.15) is 11.6 Å². The van der Waals surface area contributed by atoms with Crippen molar-refractivity contribution in [2.75, 3.05) is 0 Å². The topological polar surface area (TPSA) is 201 Å². The number of rotatable bonds is 6. The SMILES string of the molecule is CC(C)c1c(Cl)c(Cl)cc2[nH]ncc12.CC(C)c1c(Cl)c(F)cc2[nH]ncc12.CC(C)c1c(Cl)ccc2[nH]ncc12.Cc1c(Cl)cc2[nH]ncc2c1C(C)C.Cc1cc2[nH]ncc2c(C(C)(C)C)c1F.Cc1cc2[nH]ncc2c(C(C)C)c1Cl.Cc1ccc2[nH]ncc2c1C(C)C. The van der Waals surface area contributed by atoms with Crippen molar-refractivity contribution in [1.29, 1.82) is 0 Å². The van der Waals surface area contributed by atoms with E-state index in [9.17, 15) is 8.78 Å². The third-order valence-electron chi connectivity index (χ3n) is 16.8. The molecule has 0 saturated carbocycles. The third-order valence-corrected chi connectivity index (χ3v) is 19.2. The zero-order valence-corrected chi connectivity index (χ0v) is 62.9. The van der Waals surface area contributed by atoms with Crippen LogP contribution in [0.4, 0.5) is 8.78 Å². The van der Waals surface area contributed by atoms with Crippen molar-refractivity contribution >= 4 is 146 Å². The van der Waals surface area contributed by atoms with Gasteiger partial charge in [0.15, 0.2) is 0 Å². The predicted molar refractivity (Wildman–Crippen MR) is 405 cm³/mol. The van der Waals surface area contributed by atoms with Gasteiger partial charge in [0, 0.05) is 64.4 Å². The van der Waals surface area contributed by atoms with Gasteiger partial charge in [0.05, 0.1) is 97.1 Å². The van der Waals surface area contributed by atoms with E-state index < -0.39 is 5.82 Å².